The van der Waals surface area contributed by atoms with Crippen LogP contribution in [0.5, 0.6) is 0 Å². The maximum atomic E-state index is 13.0. The van der Waals surface area contributed by atoms with Crippen LogP contribution >= 0.6 is 11.6 Å². The molecule has 2 atom stereocenters. The van der Waals surface area contributed by atoms with Gasteiger partial charge in [-0.25, -0.2) is 4.79 Å². The minimum absolute atomic E-state index is 0.324. The van der Waals surface area contributed by atoms with Gasteiger partial charge < -0.3 is 20.2 Å². The lowest BCUT2D eigenvalue weighted by atomic mass is 9.96. The fraction of sp³-hybridized carbons (Fsp3) is 0.467. The summed E-state index contributed by atoms with van der Waals surface area (Å²) in [4.78, 5) is 26.0. The van der Waals surface area contributed by atoms with Crippen LogP contribution in [0.1, 0.15) is 0 Å². The Hall–Kier alpha value is -2.16. The van der Waals surface area contributed by atoms with Crippen molar-refractivity contribution in [3.63, 3.8) is 0 Å². The van der Waals surface area contributed by atoms with Crippen LogP contribution in [0.25, 0.3) is 0 Å². The molecule has 2 N–H and O–H groups in total. The normalized spacial score (nSPS) is 20.5. The van der Waals surface area contributed by atoms with Crippen molar-refractivity contribution in [2.45, 2.75) is 6.18 Å². The number of nitrogens with one attached hydrogen (secondary N) is 1. The molecule has 0 radical (unpaired) electrons. The van der Waals surface area contributed by atoms with Crippen molar-refractivity contribution in [1.29, 1.82) is 0 Å². The van der Waals surface area contributed by atoms with E-state index < -0.39 is 43.1 Å². The highest BCUT2D eigenvalue weighted by Crippen LogP contribution is 2.38. The Labute approximate surface area is 147 Å². The van der Waals surface area contributed by atoms with Gasteiger partial charge in [-0.1, -0.05) is 11.6 Å². The topological polar surface area (TPSA) is 72.9 Å². The number of aliphatic carboxylic acids is 1. The molecule has 1 aliphatic heterocycles. The summed E-state index contributed by atoms with van der Waals surface area (Å²) in [5.74, 6) is -5.35. The lowest BCUT2D eigenvalue weighted by Gasteiger charge is -2.22. The molecule has 2 rings (SSSR count). The molecule has 0 aromatic heterocycles. The highest BCUT2D eigenvalue weighted by Gasteiger charge is 2.53. The summed E-state index contributed by atoms with van der Waals surface area (Å²) in [5.41, 5.74) is 0.934. The summed E-state index contributed by atoms with van der Waals surface area (Å²) in [6.07, 6.45) is -4.69. The minimum atomic E-state index is -4.69. The zero-order valence-corrected chi connectivity index (χ0v) is 14.2. The Morgan fingerprint density at radius 3 is 2.44 bits per heavy atom. The van der Waals surface area contributed by atoms with Gasteiger partial charge >= 0.3 is 18.2 Å². The van der Waals surface area contributed by atoms with Gasteiger partial charge in [-0.05, 0) is 18.2 Å². The molecule has 0 spiro atoms. The third kappa shape index (κ3) is 4.28. The number of hydrogen-bond donors (Lipinski definition) is 2. The van der Waals surface area contributed by atoms with Crippen LogP contribution in [0.4, 0.5) is 29.3 Å². The first-order valence-corrected chi connectivity index (χ1v) is 7.71. The van der Waals surface area contributed by atoms with Crippen molar-refractivity contribution in [3.05, 3.63) is 23.2 Å². The van der Waals surface area contributed by atoms with Gasteiger partial charge in [0.1, 0.15) is 0 Å². The van der Waals surface area contributed by atoms with Crippen LogP contribution in [0.3, 0.4) is 0 Å². The number of carboxylic acids is 1. The number of carbonyl (C=O) groups excluding carboxylic acids is 1. The summed E-state index contributed by atoms with van der Waals surface area (Å²) in [6, 6.07) is 3.94. The van der Waals surface area contributed by atoms with Gasteiger partial charge in [-0.3, -0.25) is 4.79 Å². The zero-order valence-electron chi connectivity index (χ0n) is 13.5. The second-order valence-electron chi connectivity index (χ2n) is 5.98. The van der Waals surface area contributed by atoms with Crippen molar-refractivity contribution >= 4 is 35.0 Å². The highest BCUT2D eigenvalue weighted by molar-refractivity contribution is 6.31. The van der Waals surface area contributed by atoms with E-state index in [0.29, 0.717) is 16.4 Å². The van der Waals surface area contributed by atoms with E-state index >= 15 is 0 Å². The van der Waals surface area contributed by atoms with Gasteiger partial charge in [0.05, 0.1) is 23.2 Å². The molecule has 25 heavy (non-hydrogen) atoms. The molecular formula is C15H17ClF3N3O3. The molecule has 1 aliphatic rings. The highest BCUT2D eigenvalue weighted by atomic mass is 35.5. The molecule has 0 saturated carbocycles. The van der Waals surface area contributed by atoms with Crippen molar-refractivity contribution in [3.8, 4) is 0 Å². The number of carboxylic acid groups (broad SMARTS) is 1. The van der Waals surface area contributed by atoms with E-state index in [-0.39, 0.29) is 0 Å². The van der Waals surface area contributed by atoms with Crippen LogP contribution in [-0.4, -0.2) is 55.4 Å². The number of amides is 2. The average molecular weight is 380 g/mol. The number of hydrogen-bond acceptors (Lipinski definition) is 3. The lowest BCUT2D eigenvalue weighted by molar-refractivity contribution is -0.187. The van der Waals surface area contributed by atoms with Gasteiger partial charge in [0.25, 0.3) is 0 Å². The molecule has 6 nitrogen and oxygen atoms in total. The molecule has 2 amide bonds. The predicted octanol–water partition coefficient (Wildman–Crippen LogP) is 3.13. The standard InChI is InChI=1S/C15H17ClF3N3O3/c1-21(2)12-4-3-8(16)5-11(12)20-14(25)22-6-9(13(23)24)10(7-22)15(17,18)19/h3-5,9-10H,6-7H2,1-2H3,(H,20,25)(H,23,24)/t9-,10-/m1/s1. The van der Waals surface area contributed by atoms with Crippen LogP contribution in [0.2, 0.25) is 5.02 Å². The smallest absolute Gasteiger partial charge is 0.394 e. The maximum Gasteiger partial charge on any atom is 0.394 e. The molecule has 10 heteroatoms. The first-order valence-electron chi connectivity index (χ1n) is 7.33. The Bertz CT molecular complexity index is 682. The quantitative estimate of drug-likeness (QED) is 0.846. The largest absolute Gasteiger partial charge is 0.481 e. The number of alkyl halides is 3. The molecule has 1 fully saturated rings. The second kappa shape index (κ2) is 6.99. The SMILES string of the molecule is CN(C)c1ccc(Cl)cc1NC(=O)N1C[C@@H](C(F)(F)F)[C@H](C(=O)O)C1. The van der Waals surface area contributed by atoms with E-state index in [9.17, 15) is 22.8 Å². The number of nitrogens with zero attached hydrogens (tertiary/aromatic N) is 2. The van der Waals surface area contributed by atoms with E-state index in [0.717, 1.165) is 4.90 Å². The Kier molecular flexibility index (Phi) is 5.36. The molecule has 1 heterocycles. The molecule has 0 unspecified atom stereocenters. The molecule has 0 aliphatic carbocycles. The number of urea groups is 1. The molecular weight excluding hydrogens is 363 g/mol. The average Bonchev–Trinajstić information content (AvgIpc) is 2.92. The summed E-state index contributed by atoms with van der Waals surface area (Å²) in [7, 11) is 3.46. The number of rotatable bonds is 3. The van der Waals surface area contributed by atoms with Crippen LogP contribution in [-0.2, 0) is 4.79 Å². The van der Waals surface area contributed by atoms with E-state index in [1.165, 1.54) is 6.07 Å². The third-order valence-corrected chi connectivity index (χ3v) is 4.26. The van der Waals surface area contributed by atoms with E-state index in [2.05, 4.69) is 5.32 Å². The minimum Gasteiger partial charge on any atom is -0.481 e. The number of benzene rings is 1. The lowest BCUT2D eigenvalue weighted by Crippen LogP contribution is -2.35. The zero-order chi connectivity index (χ0) is 18.9. The molecule has 1 aromatic rings. The van der Waals surface area contributed by atoms with Gasteiger partial charge in [-0.15, -0.1) is 0 Å². The van der Waals surface area contributed by atoms with Gasteiger partial charge in [0.15, 0.2) is 0 Å². The van der Waals surface area contributed by atoms with Crippen molar-refractivity contribution in [1.82, 2.24) is 4.90 Å². The Morgan fingerprint density at radius 1 is 1.32 bits per heavy atom. The van der Waals surface area contributed by atoms with Crippen LogP contribution in [0, 0.1) is 11.8 Å². The van der Waals surface area contributed by atoms with Crippen molar-refractivity contribution in [2.75, 3.05) is 37.4 Å². The summed E-state index contributed by atoms with van der Waals surface area (Å²) >= 11 is 5.90. The van der Waals surface area contributed by atoms with Gasteiger partial charge in [0.2, 0.25) is 0 Å². The summed E-state index contributed by atoms with van der Waals surface area (Å²) in [5, 5.41) is 11.9. The number of likely N-dealkylation sites (tertiary alicyclic amines) is 1. The van der Waals surface area contributed by atoms with E-state index in [1.807, 2.05) is 0 Å². The number of halogens is 4. The first-order chi connectivity index (χ1) is 11.5. The molecule has 1 saturated heterocycles. The Morgan fingerprint density at radius 2 is 1.96 bits per heavy atom. The van der Waals surface area contributed by atoms with Crippen LogP contribution < -0.4 is 10.2 Å². The van der Waals surface area contributed by atoms with E-state index in [4.69, 9.17) is 16.7 Å². The summed E-state index contributed by atoms with van der Waals surface area (Å²) < 4.78 is 39.0. The molecule has 138 valence electrons. The monoisotopic (exact) mass is 379 g/mol. The van der Waals surface area contributed by atoms with Crippen molar-refractivity contribution in [2.24, 2.45) is 11.8 Å². The second-order valence-corrected chi connectivity index (χ2v) is 6.42. The van der Waals surface area contributed by atoms with Crippen LogP contribution in [0.15, 0.2) is 18.2 Å². The number of carbonyl (C=O) groups is 2. The van der Waals surface area contributed by atoms with E-state index in [1.54, 1.807) is 31.1 Å². The van der Waals surface area contributed by atoms with Gasteiger partial charge in [0, 0.05) is 32.2 Å². The predicted molar refractivity (Wildman–Crippen MR) is 87.0 cm³/mol. The fourth-order valence-corrected chi connectivity index (χ4v) is 2.92. The molecule has 0 bridgehead atoms. The number of anilines is 2. The fourth-order valence-electron chi connectivity index (χ4n) is 2.74. The first kappa shape index (κ1) is 19.2. The van der Waals surface area contributed by atoms with Gasteiger partial charge in [-0.2, -0.15) is 13.2 Å². The third-order valence-electron chi connectivity index (χ3n) is 4.03. The molecule has 1 aromatic carbocycles. The Balaban J connectivity index is 2.20. The maximum absolute atomic E-state index is 13.0. The summed E-state index contributed by atoms with van der Waals surface area (Å²) in [6.45, 7) is -1.21. The van der Waals surface area contributed by atoms with Crippen molar-refractivity contribution < 1.29 is 27.9 Å².